The number of aromatic amines is 1. The monoisotopic (exact) mass is 425 g/mol. The second-order valence-corrected chi connectivity index (χ2v) is 7.67. The van der Waals surface area contributed by atoms with Crippen molar-refractivity contribution in [3.63, 3.8) is 0 Å². The third kappa shape index (κ3) is 4.89. The van der Waals surface area contributed by atoms with Gasteiger partial charge in [0, 0.05) is 17.7 Å². The second-order valence-electron chi connectivity index (χ2n) is 7.67. The van der Waals surface area contributed by atoms with Crippen LogP contribution in [-0.2, 0) is 11.3 Å². The van der Waals surface area contributed by atoms with Gasteiger partial charge in [-0.25, -0.2) is 4.98 Å². The number of methoxy groups -OCH3 is 1. The number of carbonyl (C=O) groups excluding carboxylic acids is 1. The highest BCUT2D eigenvalue weighted by Crippen LogP contribution is 2.26. The Bertz CT molecular complexity index is 1180. The molecule has 0 spiro atoms. The minimum Gasteiger partial charge on any atom is -0.497 e. The van der Waals surface area contributed by atoms with E-state index in [4.69, 9.17) is 4.74 Å². The van der Waals surface area contributed by atoms with Crippen LogP contribution < -0.4 is 10.1 Å². The number of H-pyrrole nitrogens is 1. The molecule has 4 aromatic rings. The Hall–Kier alpha value is -3.86. The molecular weight excluding hydrogens is 398 g/mol. The molecule has 162 valence electrons. The van der Waals surface area contributed by atoms with E-state index < -0.39 is 0 Å². The lowest BCUT2D eigenvalue weighted by Crippen LogP contribution is -2.28. The highest BCUT2D eigenvalue weighted by Gasteiger charge is 2.18. The lowest BCUT2D eigenvalue weighted by molar-refractivity contribution is -0.122. The van der Waals surface area contributed by atoms with E-state index in [1.807, 2.05) is 85.9 Å². The van der Waals surface area contributed by atoms with Crippen molar-refractivity contribution in [2.24, 2.45) is 0 Å². The molecule has 2 N–H and O–H groups in total. The summed E-state index contributed by atoms with van der Waals surface area (Å²) in [6.07, 6.45) is 2.58. The molecule has 1 heterocycles. The van der Waals surface area contributed by atoms with Crippen LogP contribution in [0.3, 0.4) is 0 Å². The van der Waals surface area contributed by atoms with E-state index in [1.165, 1.54) is 0 Å². The summed E-state index contributed by atoms with van der Waals surface area (Å²) in [5.74, 6) is 1.49. The Morgan fingerprint density at radius 1 is 1.00 bits per heavy atom. The standard InChI is InChI=1S/C27H27N3O2/c1-3-24(20-10-5-4-6-11-20)27(31)29-17-19-9-7-13-22(15-19)26-28-18-25(30-26)21-12-8-14-23(16-21)32-2/h4-16,18,24H,3,17H2,1-2H3,(H,28,30)(H,29,31)/t24-/m1/s1. The highest BCUT2D eigenvalue weighted by molar-refractivity contribution is 5.83. The van der Waals surface area contributed by atoms with Gasteiger partial charge in [0.2, 0.25) is 5.91 Å². The van der Waals surface area contributed by atoms with E-state index in [0.717, 1.165) is 45.9 Å². The van der Waals surface area contributed by atoms with Crippen LogP contribution >= 0.6 is 0 Å². The predicted octanol–water partition coefficient (Wildman–Crippen LogP) is 5.56. The van der Waals surface area contributed by atoms with E-state index in [-0.39, 0.29) is 11.8 Å². The van der Waals surface area contributed by atoms with Crippen molar-refractivity contribution in [2.75, 3.05) is 7.11 Å². The quantitative estimate of drug-likeness (QED) is 0.388. The van der Waals surface area contributed by atoms with Crippen molar-refractivity contribution in [1.29, 1.82) is 0 Å². The Morgan fingerprint density at radius 3 is 2.56 bits per heavy atom. The lowest BCUT2D eigenvalue weighted by Gasteiger charge is -2.15. The number of imidazole rings is 1. The number of hydrogen-bond donors (Lipinski definition) is 2. The molecule has 0 saturated carbocycles. The van der Waals surface area contributed by atoms with Gasteiger partial charge in [-0.05, 0) is 35.7 Å². The van der Waals surface area contributed by atoms with Crippen LogP contribution in [0, 0.1) is 0 Å². The molecule has 0 aliphatic carbocycles. The van der Waals surface area contributed by atoms with Crippen LogP contribution in [-0.4, -0.2) is 23.0 Å². The first-order chi connectivity index (χ1) is 15.7. The maximum Gasteiger partial charge on any atom is 0.227 e. The molecule has 0 saturated heterocycles. The number of nitrogens with one attached hydrogen (secondary N) is 2. The number of carbonyl (C=O) groups is 1. The van der Waals surface area contributed by atoms with Gasteiger partial charge in [0.25, 0.3) is 0 Å². The van der Waals surface area contributed by atoms with Crippen molar-refractivity contribution in [1.82, 2.24) is 15.3 Å². The van der Waals surface area contributed by atoms with E-state index in [0.29, 0.717) is 6.54 Å². The fourth-order valence-corrected chi connectivity index (χ4v) is 3.80. The summed E-state index contributed by atoms with van der Waals surface area (Å²) >= 11 is 0. The normalized spacial score (nSPS) is 11.7. The number of ether oxygens (including phenoxy) is 1. The van der Waals surface area contributed by atoms with Gasteiger partial charge in [-0.2, -0.15) is 0 Å². The summed E-state index contributed by atoms with van der Waals surface area (Å²) in [6.45, 7) is 2.51. The Morgan fingerprint density at radius 2 is 1.78 bits per heavy atom. The molecule has 0 bridgehead atoms. The van der Waals surface area contributed by atoms with Gasteiger partial charge in [-0.3, -0.25) is 4.79 Å². The van der Waals surface area contributed by atoms with E-state index >= 15 is 0 Å². The van der Waals surface area contributed by atoms with E-state index in [2.05, 4.69) is 21.4 Å². The molecule has 3 aromatic carbocycles. The van der Waals surface area contributed by atoms with Gasteiger partial charge in [0.1, 0.15) is 11.6 Å². The van der Waals surface area contributed by atoms with Gasteiger partial charge >= 0.3 is 0 Å². The lowest BCUT2D eigenvalue weighted by atomic mass is 9.95. The zero-order valence-corrected chi connectivity index (χ0v) is 18.3. The van der Waals surface area contributed by atoms with Crippen molar-refractivity contribution in [3.8, 4) is 28.4 Å². The van der Waals surface area contributed by atoms with Crippen molar-refractivity contribution in [3.05, 3.63) is 96.2 Å². The molecular formula is C27H27N3O2. The topological polar surface area (TPSA) is 67.0 Å². The molecule has 5 heteroatoms. The first-order valence-corrected chi connectivity index (χ1v) is 10.8. The minimum absolute atomic E-state index is 0.0439. The number of aromatic nitrogens is 2. The molecule has 1 aromatic heterocycles. The SMILES string of the molecule is CC[C@@H](C(=O)NCc1cccc(-c2ncc(-c3cccc(OC)c3)[nH]2)c1)c1ccccc1. The van der Waals surface area contributed by atoms with Crippen LogP contribution in [0.5, 0.6) is 5.75 Å². The number of amides is 1. The van der Waals surface area contributed by atoms with Crippen molar-refractivity contribution < 1.29 is 9.53 Å². The van der Waals surface area contributed by atoms with Gasteiger partial charge in [-0.1, -0.05) is 67.6 Å². The second kappa shape index (κ2) is 9.96. The first kappa shape index (κ1) is 21.4. The van der Waals surface area contributed by atoms with Gasteiger partial charge in [0.05, 0.1) is 24.9 Å². The Kier molecular flexibility index (Phi) is 6.66. The zero-order chi connectivity index (χ0) is 22.3. The summed E-state index contributed by atoms with van der Waals surface area (Å²) in [5.41, 5.74) is 4.98. The Balaban J connectivity index is 1.46. The van der Waals surface area contributed by atoms with Gasteiger partial charge in [0.15, 0.2) is 0 Å². The number of nitrogens with zero attached hydrogens (tertiary/aromatic N) is 1. The number of rotatable bonds is 8. The first-order valence-electron chi connectivity index (χ1n) is 10.8. The molecule has 0 unspecified atom stereocenters. The third-order valence-electron chi connectivity index (χ3n) is 5.55. The van der Waals surface area contributed by atoms with E-state index in [1.54, 1.807) is 7.11 Å². The van der Waals surface area contributed by atoms with Crippen LogP contribution in [0.25, 0.3) is 22.6 Å². The zero-order valence-electron chi connectivity index (χ0n) is 18.3. The third-order valence-corrected chi connectivity index (χ3v) is 5.55. The van der Waals surface area contributed by atoms with Crippen LogP contribution in [0.15, 0.2) is 85.1 Å². The fourth-order valence-electron chi connectivity index (χ4n) is 3.80. The van der Waals surface area contributed by atoms with Gasteiger partial charge in [-0.15, -0.1) is 0 Å². The Labute approximate surface area is 188 Å². The summed E-state index contributed by atoms with van der Waals surface area (Å²) in [4.78, 5) is 20.7. The minimum atomic E-state index is -0.144. The van der Waals surface area contributed by atoms with Crippen LogP contribution in [0.2, 0.25) is 0 Å². The maximum atomic E-state index is 12.8. The smallest absolute Gasteiger partial charge is 0.227 e. The fraction of sp³-hybridized carbons (Fsp3) is 0.185. The molecule has 0 radical (unpaired) electrons. The maximum absolute atomic E-state index is 12.8. The van der Waals surface area contributed by atoms with Crippen molar-refractivity contribution in [2.45, 2.75) is 25.8 Å². The van der Waals surface area contributed by atoms with Gasteiger partial charge < -0.3 is 15.0 Å². The molecule has 32 heavy (non-hydrogen) atoms. The van der Waals surface area contributed by atoms with Crippen molar-refractivity contribution >= 4 is 5.91 Å². The summed E-state index contributed by atoms with van der Waals surface area (Å²) < 4.78 is 5.31. The molecule has 0 aliphatic rings. The largest absolute Gasteiger partial charge is 0.497 e. The molecule has 0 aliphatic heterocycles. The van der Waals surface area contributed by atoms with Crippen LogP contribution in [0.1, 0.15) is 30.4 Å². The van der Waals surface area contributed by atoms with Crippen LogP contribution in [0.4, 0.5) is 0 Å². The predicted molar refractivity (Wildman–Crippen MR) is 127 cm³/mol. The molecule has 5 nitrogen and oxygen atoms in total. The number of hydrogen-bond acceptors (Lipinski definition) is 3. The van der Waals surface area contributed by atoms with E-state index in [9.17, 15) is 4.79 Å². The summed E-state index contributed by atoms with van der Waals surface area (Å²) in [6, 6.07) is 25.8. The average molecular weight is 426 g/mol. The molecule has 1 amide bonds. The summed E-state index contributed by atoms with van der Waals surface area (Å²) in [7, 11) is 1.66. The molecule has 0 fully saturated rings. The average Bonchev–Trinajstić information content (AvgIpc) is 3.35. The summed E-state index contributed by atoms with van der Waals surface area (Å²) in [5, 5.41) is 3.09. The number of benzene rings is 3. The highest BCUT2D eigenvalue weighted by atomic mass is 16.5. The molecule has 4 rings (SSSR count). The molecule has 1 atom stereocenters.